The van der Waals surface area contributed by atoms with Gasteiger partial charge < -0.3 is 0 Å². The number of aromatic nitrogens is 1. The number of hydrogen-bond acceptors (Lipinski definition) is 1. The molecule has 65 valence electrons. The van der Waals surface area contributed by atoms with Crippen molar-refractivity contribution in [1.82, 2.24) is 4.98 Å². The largest absolute Gasteiger partial charge is 0.264 e. The Morgan fingerprint density at radius 2 is 1.93 bits per heavy atom. The Balaban J connectivity index is 2.61. The standard InChI is InChI=1S/C13H8N/c1-2-4-12-10(3-1)5-6-11-9-14-8-7-13(11)12/h1-5,7-9H. The van der Waals surface area contributed by atoms with Gasteiger partial charge in [0.1, 0.15) is 0 Å². The summed E-state index contributed by atoms with van der Waals surface area (Å²) in [6.45, 7) is 0. The van der Waals surface area contributed by atoms with Gasteiger partial charge in [-0.15, -0.1) is 0 Å². The van der Waals surface area contributed by atoms with Crippen LogP contribution >= 0.6 is 0 Å². The first kappa shape index (κ1) is 7.51. The molecule has 0 fully saturated rings. The van der Waals surface area contributed by atoms with Crippen LogP contribution in [0.25, 0.3) is 21.5 Å². The van der Waals surface area contributed by atoms with Crippen molar-refractivity contribution in [2.24, 2.45) is 0 Å². The van der Waals surface area contributed by atoms with Gasteiger partial charge in [0.25, 0.3) is 0 Å². The van der Waals surface area contributed by atoms with Crippen LogP contribution in [0, 0.1) is 6.07 Å². The van der Waals surface area contributed by atoms with E-state index < -0.39 is 0 Å². The Labute approximate surface area is 82.0 Å². The van der Waals surface area contributed by atoms with Crippen molar-refractivity contribution in [2.75, 3.05) is 0 Å². The van der Waals surface area contributed by atoms with E-state index in [0.717, 1.165) is 5.39 Å². The summed E-state index contributed by atoms with van der Waals surface area (Å²) in [4.78, 5) is 4.09. The van der Waals surface area contributed by atoms with Gasteiger partial charge in [0.2, 0.25) is 0 Å². The molecule has 1 heteroatoms. The molecule has 0 amide bonds. The van der Waals surface area contributed by atoms with Gasteiger partial charge in [-0.1, -0.05) is 24.3 Å². The second-order valence-electron chi connectivity index (χ2n) is 3.30. The monoisotopic (exact) mass is 178 g/mol. The maximum absolute atomic E-state index is 4.09. The molecule has 0 atom stereocenters. The van der Waals surface area contributed by atoms with Gasteiger partial charge >= 0.3 is 0 Å². The van der Waals surface area contributed by atoms with E-state index in [2.05, 4.69) is 29.2 Å². The smallest absolute Gasteiger partial charge is 0.0352 e. The van der Waals surface area contributed by atoms with Gasteiger partial charge in [0.15, 0.2) is 0 Å². The van der Waals surface area contributed by atoms with Crippen molar-refractivity contribution < 1.29 is 0 Å². The summed E-state index contributed by atoms with van der Waals surface area (Å²) in [5.41, 5.74) is 0. The van der Waals surface area contributed by atoms with Gasteiger partial charge in [-0.05, 0) is 34.4 Å². The van der Waals surface area contributed by atoms with E-state index in [9.17, 15) is 0 Å². The molecular weight excluding hydrogens is 170 g/mol. The molecule has 0 aliphatic rings. The molecule has 0 bridgehead atoms. The van der Waals surface area contributed by atoms with E-state index in [4.69, 9.17) is 0 Å². The number of rotatable bonds is 0. The highest BCUT2D eigenvalue weighted by Crippen LogP contribution is 2.23. The average molecular weight is 178 g/mol. The lowest BCUT2D eigenvalue weighted by Crippen LogP contribution is -1.78. The first-order valence-corrected chi connectivity index (χ1v) is 4.58. The molecule has 0 saturated heterocycles. The van der Waals surface area contributed by atoms with Crippen LogP contribution in [0.4, 0.5) is 0 Å². The third kappa shape index (κ3) is 0.990. The summed E-state index contributed by atoms with van der Waals surface area (Å²) < 4.78 is 0. The van der Waals surface area contributed by atoms with Crippen molar-refractivity contribution >= 4 is 21.5 Å². The molecule has 0 N–H and O–H groups in total. The lowest BCUT2D eigenvalue weighted by Gasteiger charge is -2.01. The zero-order valence-electron chi connectivity index (χ0n) is 7.57. The lowest BCUT2D eigenvalue weighted by atomic mass is 10.0. The third-order valence-corrected chi connectivity index (χ3v) is 2.46. The summed E-state index contributed by atoms with van der Waals surface area (Å²) >= 11 is 0. The van der Waals surface area contributed by atoms with Crippen molar-refractivity contribution in [3.05, 3.63) is 54.9 Å². The summed E-state index contributed by atoms with van der Waals surface area (Å²) in [5.74, 6) is 0. The highest BCUT2D eigenvalue weighted by molar-refractivity contribution is 6.06. The summed E-state index contributed by atoms with van der Waals surface area (Å²) in [6, 6.07) is 15.6. The van der Waals surface area contributed by atoms with Crippen LogP contribution in [0.1, 0.15) is 0 Å². The molecule has 0 saturated carbocycles. The van der Waals surface area contributed by atoms with Crippen LogP contribution in [-0.2, 0) is 0 Å². The highest BCUT2D eigenvalue weighted by Gasteiger charge is 1.98. The van der Waals surface area contributed by atoms with E-state index in [1.807, 2.05) is 30.6 Å². The second kappa shape index (κ2) is 2.81. The predicted octanol–water partition coefficient (Wildman–Crippen LogP) is 3.19. The van der Waals surface area contributed by atoms with E-state index >= 15 is 0 Å². The second-order valence-corrected chi connectivity index (χ2v) is 3.30. The first-order valence-electron chi connectivity index (χ1n) is 4.58. The van der Waals surface area contributed by atoms with Gasteiger partial charge in [0, 0.05) is 17.8 Å². The van der Waals surface area contributed by atoms with Crippen molar-refractivity contribution in [2.45, 2.75) is 0 Å². The zero-order chi connectivity index (χ0) is 9.38. The van der Waals surface area contributed by atoms with Gasteiger partial charge in [-0.3, -0.25) is 4.98 Å². The first-order chi connectivity index (χ1) is 6.95. The fourth-order valence-electron chi connectivity index (χ4n) is 1.77. The quantitative estimate of drug-likeness (QED) is 0.482. The molecule has 2 aromatic carbocycles. The molecule has 1 heterocycles. The number of hydrogen-bond donors (Lipinski definition) is 0. The number of fused-ring (bicyclic) bond motifs is 3. The summed E-state index contributed by atoms with van der Waals surface area (Å²) in [5, 5.41) is 4.79. The Bertz CT molecular complexity index is 544. The Kier molecular flexibility index (Phi) is 1.51. The molecular formula is C13H8N. The van der Waals surface area contributed by atoms with E-state index in [-0.39, 0.29) is 0 Å². The van der Waals surface area contributed by atoms with Crippen LogP contribution in [0.3, 0.4) is 0 Å². The van der Waals surface area contributed by atoms with Crippen molar-refractivity contribution in [1.29, 1.82) is 0 Å². The maximum atomic E-state index is 4.09. The Hall–Kier alpha value is -1.89. The third-order valence-electron chi connectivity index (χ3n) is 2.46. The van der Waals surface area contributed by atoms with Crippen molar-refractivity contribution in [3.63, 3.8) is 0 Å². The van der Waals surface area contributed by atoms with E-state index in [1.165, 1.54) is 16.2 Å². The van der Waals surface area contributed by atoms with E-state index in [0.29, 0.717) is 0 Å². The molecule has 1 radical (unpaired) electrons. The number of pyridine rings is 1. The number of nitrogens with zero attached hydrogens (tertiary/aromatic N) is 1. The van der Waals surface area contributed by atoms with Crippen molar-refractivity contribution in [3.8, 4) is 0 Å². The Morgan fingerprint density at radius 1 is 1.00 bits per heavy atom. The van der Waals surface area contributed by atoms with Crippen LogP contribution < -0.4 is 0 Å². The SMILES string of the molecule is [c]1cc2ccccc2c2ccncc12. The molecule has 0 aliphatic heterocycles. The highest BCUT2D eigenvalue weighted by atomic mass is 14.6. The number of benzene rings is 2. The normalized spacial score (nSPS) is 10.9. The Morgan fingerprint density at radius 3 is 2.93 bits per heavy atom. The maximum Gasteiger partial charge on any atom is 0.0352 e. The minimum Gasteiger partial charge on any atom is -0.264 e. The molecule has 3 rings (SSSR count). The molecule has 1 nitrogen and oxygen atoms in total. The molecule has 14 heavy (non-hydrogen) atoms. The average Bonchev–Trinajstić information content (AvgIpc) is 2.29. The van der Waals surface area contributed by atoms with Crippen LogP contribution in [0.15, 0.2) is 48.8 Å². The lowest BCUT2D eigenvalue weighted by molar-refractivity contribution is 1.37. The van der Waals surface area contributed by atoms with E-state index in [1.54, 1.807) is 0 Å². The van der Waals surface area contributed by atoms with Crippen LogP contribution in [0.2, 0.25) is 0 Å². The van der Waals surface area contributed by atoms with Gasteiger partial charge in [-0.25, -0.2) is 0 Å². The van der Waals surface area contributed by atoms with Gasteiger partial charge in [-0.2, -0.15) is 0 Å². The fourth-order valence-corrected chi connectivity index (χ4v) is 1.77. The minimum absolute atomic E-state index is 1.08. The van der Waals surface area contributed by atoms with Crippen LogP contribution in [0.5, 0.6) is 0 Å². The molecule has 0 unspecified atom stereocenters. The summed E-state index contributed by atoms with van der Waals surface area (Å²) in [7, 11) is 0. The predicted molar refractivity (Wildman–Crippen MR) is 58.1 cm³/mol. The molecule has 1 aromatic heterocycles. The van der Waals surface area contributed by atoms with Gasteiger partial charge in [0.05, 0.1) is 0 Å². The van der Waals surface area contributed by atoms with Crippen LogP contribution in [-0.4, -0.2) is 4.98 Å². The fraction of sp³-hybridized carbons (Fsp3) is 0. The molecule has 0 aliphatic carbocycles. The zero-order valence-corrected chi connectivity index (χ0v) is 7.57. The topological polar surface area (TPSA) is 12.9 Å². The molecule has 3 aromatic rings. The minimum atomic E-state index is 1.08. The molecule has 0 spiro atoms. The summed E-state index contributed by atoms with van der Waals surface area (Å²) in [6.07, 6.45) is 3.67.